The molecule has 0 aromatic heterocycles. The molecule has 3 heteroatoms. The molecule has 19 heavy (non-hydrogen) atoms. The molecule has 3 nitrogen and oxygen atoms in total. The van der Waals surface area contributed by atoms with E-state index in [2.05, 4.69) is 16.7 Å². The van der Waals surface area contributed by atoms with Crippen molar-refractivity contribution in [3.63, 3.8) is 0 Å². The average molecular weight is 265 g/mol. The van der Waals surface area contributed by atoms with E-state index >= 15 is 0 Å². The van der Waals surface area contributed by atoms with Crippen LogP contribution < -0.4 is 5.73 Å². The van der Waals surface area contributed by atoms with Gasteiger partial charge in [0.25, 0.3) is 0 Å². The molecule has 110 valence electrons. The second-order valence-corrected chi connectivity index (χ2v) is 7.48. The minimum Gasteiger partial charge on any atom is -0.324 e. The van der Waals surface area contributed by atoms with Crippen molar-refractivity contribution in [3.8, 4) is 0 Å². The molecule has 0 aromatic rings. The Hall–Kier alpha value is -0.120. The first-order chi connectivity index (χ1) is 9.15. The summed E-state index contributed by atoms with van der Waals surface area (Å²) in [5.41, 5.74) is 6.82. The first-order valence-corrected chi connectivity index (χ1v) is 8.40. The minimum absolute atomic E-state index is 0.103. The molecule has 0 radical (unpaired) electrons. The summed E-state index contributed by atoms with van der Waals surface area (Å²) in [5, 5.41) is 0. The maximum absolute atomic E-state index is 6.71. The fourth-order valence-corrected chi connectivity index (χ4v) is 4.72. The first-order valence-electron chi connectivity index (χ1n) is 8.40. The van der Waals surface area contributed by atoms with Crippen LogP contribution in [-0.2, 0) is 0 Å². The van der Waals surface area contributed by atoms with E-state index in [4.69, 9.17) is 5.73 Å². The maximum Gasteiger partial charge on any atom is 0.0285 e. The van der Waals surface area contributed by atoms with Crippen LogP contribution in [0.25, 0.3) is 0 Å². The lowest BCUT2D eigenvalue weighted by Gasteiger charge is -2.40. The zero-order chi connectivity index (χ0) is 13.3. The summed E-state index contributed by atoms with van der Waals surface area (Å²) >= 11 is 0. The van der Waals surface area contributed by atoms with Crippen LogP contribution in [0.1, 0.15) is 51.9 Å². The number of fused-ring (bicyclic) bond motifs is 1. The second kappa shape index (κ2) is 5.71. The largest absolute Gasteiger partial charge is 0.324 e. The third kappa shape index (κ3) is 3.32. The molecule has 2 N–H and O–H groups in total. The molecular formula is C16H31N3. The molecular weight excluding hydrogens is 234 g/mol. The molecule has 2 heterocycles. The molecule has 1 aliphatic carbocycles. The Labute approximate surface area is 118 Å². The maximum atomic E-state index is 6.71. The summed E-state index contributed by atoms with van der Waals surface area (Å²) in [5.74, 6) is 0.828. The highest BCUT2D eigenvalue weighted by molar-refractivity contribution is 4.94. The zero-order valence-corrected chi connectivity index (χ0v) is 12.6. The number of nitrogens with zero attached hydrogens (tertiary/aromatic N) is 2. The Morgan fingerprint density at radius 2 is 1.95 bits per heavy atom. The molecule has 0 bridgehead atoms. The van der Waals surface area contributed by atoms with Crippen LogP contribution in [0.3, 0.4) is 0 Å². The molecule has 0 amide bonds. The minimum atomic E-state index is 0.103. The van der Waals surface area contributed by atoms with Crippen LogP contribution in [0.4, 0.5) is 0 Å². The normalized spacial score (nSPS) is 42.0. The Kier molecular flexibility index (Phi) is 4.16. The van der Waals surface area contributed by atoms with Gasteiger partial charge in [0, 0.05) is 24.7 Å². The number of rotatable bonds is 2. The highest BCUT2D eigenvalue weighted by Crippen LogP contribution is 2.32. The summed E-state index contributed by atoms with van der Waals surface area (Å²) in [6.07, 6.45) is 9.34. The van der Waals surface area contributed by atoms with Crippen molar-refractivity contribution in [1.29, 1.82) is 0 Å². The molecule has 0 aromatic carbocycles. The Morgan fingerprint density at radius 3 is 2.79 bits per heavy atom. The third-order valence-corrected chi connectivity index (χ3v) is 5.55. The van der Waals surface area contributed by atoms with Gasteiger partial charge in [-0.05, 0) is 57.7 Å². The van der Waals surface area contributed by atoms with E-state index in [9.17, 15) is 0 Å². The van der Waals surface area contributed by atoms with Gasteiger partial charge in [0.15, 0.2) is 0 Å². The molecule has 3 fully saturated rings. The van der Waals surface area contributed by atoms with E-state index < -0.39 is 0 Å². The molecule has 0 spiro atoms. The standard InChI is InChI=1S/C16H31N3/c1-14-5-2-7-16(17,11-14)13-18-8-4-10-19-9-3-6-15(19)12-18/h14-15H,2-13,17H2,1H3. The number of nitrogens with two attached hydrogens (primary N) is 1. The van der Waals surface area contributed by atoms with Gasteiger partial charge < -0.3 is 5.73 Å². The lowest BCUT2D eigenvalue weighted by atomic mass is 9.76. The monoisotopic (exact) mass is 265 g/mol. The van der Waals surface area contributed by atoms with Crippen molar-refractivity contribution >= 4 is 0 Å². The van der Waals surface area contributed by atoms with Crippen LogP contribution in [0, 0.1) is 5.92 Å². The second-order valence-electron chi connectivity index (χ2n) is 7.48. The van der Waals surface area contributed by atoms with Gasteiger partial charge in [0.05, 0.1) is 0 Å². The fourth-order valence-electron chi connectivity index (χ4n) is 4.72. The molecule has 2 aliphatic heterocycles. The highest BCUT2D eigenvalue weighted by atomic mass is 15.3. The Bertz CT molecular complexity index is 306. The van der Waals surface area contributed by atoms with Crippen molar-refractivity contribution in [2.75, 3.05) is 32.7 Å². The van der Waals surface area contributed by atoms with Crippen molar-refractivity contribution < 1.29 is 0 Å². The molecule has 3 rings (SSSR count). The number of hydrogen-bond acceptors (Lipinski definition) is 3. The van der Waals surface area contributed by atoms with E-state index in [0.29, 0.717) is 0 Å². The summed E-state index contributed by atoms with van der Waals surface area (Å²) in [6.45, 7) is 8.70. The van der Waals surface area contributed by atoms with Crippen molar-refractivity contribution in [1.82, 2.24) is 9.80 Å². The van der Waals surface area contributed by atoms with Gasteiger partial charge in [0.2, 0.25) is 0 Å². The highest BCUT2D eigenvalue weighted by Gasteiger charge is 2.35. The van der Waals surface area contributed by atoms with Crippen LogP contribution in [0.5, 0.6) is 0 Å². The predicted octanol–water partition coefficient (Wildman–Crippen LogP) is 2.06. The summed E-state index contributed by atoms with van der Waals surface area (Å²) in [7, 11) is 0. The van der Waals surface area contributed by atoms with E-state index in [1.165, 1.54) is 71.1 Å². The first kappa shape index (κ1) is 13.8. The molecule has 1 saturated carbocycles. The molecule has 3 atom stereocenters. The average Bonchev–Trinajstić information content (AvgIpc) is 2.68. The molecule has 3 aliphatic rings. The summed E-state index contributed by atoms with van der Waals surface area (Å²) in [4.78, 5) is 5.40. The van der Waals surface area contributed by atoms with Crippen molar-refractivity contribution in [3.05, 3.63) is 0 Å². The Balaban J connectivity index is 1.59. The van der Waals surface area contributed by atoms with Gasteiger partial charge >= 0.3 is 0 Å². The zero-order valence-electron chi connectivity index (χ0n) is 12.6. The topological polar surface area (TPSA) is 32.5 Å². The lowest BCUT2D eigenvalue weighted by Crippen LogP contribution is -2.54. The molecule has 3 unspecified atom stereocenters. The Morgan fingerprint density at radius 1 is 1.11 bits per heavy atom. The lowest BCUT2D eigenvalue weighted by molar-refractivity contribution is 0.141. The number of hydrogen-bond donors (Lipinski definition) is 1. The quantitative estimate of drug-likeness (QED) is 0.829. The summed E-state index contributed by atoms with van der Waals surface area (Å²) < 4.78 is 0. The predicted molar refractivity (Wildman–Crippen MR) is 80.2 cm³/mol. The van der Waals surface area contributed by atoms with E-state index in [1.54, 1.807) is 0 Å². The van der Waals surface area contributed by atoms with Gasteiger partial charge in [-0.15, -0.1) is 0 Å². The summed E-state index contributed by atoms with van der Waals surface area (Å²) in [6, 6.07) is 0.826. The van der Waals surface area contributed by atoms with Crippen molar-refractivity contribution in [2.24, 2.45) is 11.7 Å². The molecule has 2 saturated heterocycles. The fraction of sp³-hybridized carbons (Fsp3) is 1.00. The van der Waals surface area contributed by atoms with Crippen LogP contribution in [0.15, 0.2) is 0 Å². The van der Waals surface area contributed by atoms with Gasteiger partial charge in [-0.2, -0.15) is 0 Å². The van der Waals surface area contributed by atoms with Crippen LogP contribution in [0.2, 0.25) is 0 Å². The van der Waals surface area contributed by atoms with Crippen molar-refractivity contribution in [2.45, 2.75) is 63.5 Å². The third-order valence-electron chi connectivity index (χ3n) is 5.55. The van der Waals surface area contributed by atoms with Gasteiger partial charge in [-0.3, -0.25) is 9.80 Å². The van der Waals surface area contributed by atoms with Gasteiger partial charge in [-0.1, -0.05) is 19.8 Å². The van der Waals surface area contributed by atoms with E-state index in [0.717, 1.165) is 18.5 Å². The van der Waals surface area contributed by atoms with E-state index in [1.807, 2.05) is 0 Å². The SMILES string of the molecule is CC1CCCC(N)(CN2CCCN3CCCC3C2)C1. The van der Waals surface area contributed by atoms with Gasteiger partial charge in [0.1, 0.15) is 0 Å². The van der Waals surface area contributed by atoms with Crippen LogP contribution >= 0.6 is 0 Å². The van der Waals surface area contributed by atoms with Crippen LogP contribution in [-0.4, -0.2) is 54.1 Å². The van der Waals surface area contributed by atoms with Gasteiger partial charge in [-0.25, -0.2) is 0 Å². The smallest absolute Gasteiger partial charge is 0.0285 e. The van der Waals surface area contributed by atoms with E-state index in [-0.39, 0.29) is 5.54 Å².